The molecule has 17 heavy (non-hydrogen) atoms. The van der Waals surface area contributed by atoms with Crippen LogP contribution in [0.1, 0.15) is 31.4 Å². The van der Waals surface area contributed by atoms with Gasteiger partial charge in [-0.05, 0) is 37.5 Å². The van der Waals surface area contributed by atoms with Crippen LogP contribution in [0.25, 0.3) is 0 Å². The van der Waals surface area contributed by atoms with Crippen molar-refractivity contribution in [2.24, 2.45) is 0 Å². The van der Waals surface area contributed by atoms with E-state index < -0.39 is 6.10 Å². The van der Waals surface area contributed by atoms with Crippen LogP contribution in [0.5, 0.6) is 0 Å². The summed E-state index contributed by atoms with van der Waals surface area (Å²) in [7, 11) is 0. The SMILES string of the molecule is CC(c1ccc(F)cc1)N1CCCC(O)C1=O. The number of halogens is 1. The lowest BCUT2D eigenvalue weighted by atomic mass is 10.0. The standard InChI is InChI=1S/C13H16FNO2/c1-9(10-4-6-11(14)7-5-10)15-8-2-3-12(16)13(15)17/h4-7,9,12,16H,2-3,8H2,1H3. The van der Waals surface area contributed by atoms with Gasteiger partial charge < -0.3 is 10.0 Å². The molecule has 1 aliphatic heterocycles. The number of carbonyl (C=O) groups is 1. The van der Waals surface area contributed by atoms with Gasteiger partial charge in [0.15, 0.2) is 0 Å². The van der Waals surface area contributed by atoms with E-state index in [1.165, 1.54) is 12.1 Å². The smallest absolute Gasteiger partial charge is 0.251 e. The highest BCUT2D eigenvalue weighted by Crippen LogP contribution is 2.25. The van der Waals surface area contributed by atoms with Gasteiger partial charge in [0.25, 0.3) is 5.91 Å². The summed E-state index contributed by atoms with van der Waals surface area (Å²) in [6, 6.07) is 5.99. The largest absolute Gasteiger partial charge is 0.383 e. The van der Waals surface area contributed by atoms with Crippen molar-refractivity contribution in [3.05, 3.63) is 35.6 Å². The van der Waals surface area contributed by atoms with E-state index >= 15 is 0 Å². The van der Waals surface area contributed by atoms with Gasteiger partial charge in [-0.2, -0.15) is 0 Å². The van der Waals surface area contributed by atoms with Gasteiger partial charge in [0.2, 0.25) is 0 Å². The van der Waals surface area contributed by atoms with Crippen LogP contribution in [-0.4, -0.2) is 28.6 Å². The van der Waals surface area contributed by atoms with E-state index in [-0.39, 0.29) is 17.8 Å². The third kappa shape index (κ3) is 2.47. The fourth-order valence-electron chi connectivity index (χ4n) is 2.19. The van der Waals surface area contributed by atoms with E-state index in [1.807, 2.05) is 6.92 Å². The molecule has 2 unspecified atom stereocenters. The Bertz CT molecular complexity index is 404. The molecule has 1 amide bonds. The Balaban J connectivity index is 2.16. The molecule has 0 aliphatic carbocycles. The first-order valence-electron chi connectivity index (χ1n) is 5.83. The molecule has 1 fully saturated rings. The van der Waals surface area contributed by atoms with E-state index in [4.69, 9.17) is 0 Å². The molecule has 0 spiro atoms. The molecular formula is C13H16FNO2. The molecule has 92 valence electrons. The van der Waals surface area contributed by atoms with Crippen LogP contribution in [0.2, 0.25) is 0 Å². The first-order valence-corrected chi connectivity index (χ1v) is 5.83. The zero-order valence-electron chi connectivity index (χ0n) is 9.77. The predicted octanol–water partition coefficient (Wildman–Crippen LogP) is 1.87. The zero-order valence-corrected chi connectivity index (χ0v) is 9.77. The van der Waals surface area contributed by atoms with E-state index in [9.17, 15) is 14.3 Å². The number of aliphatic hydroxyl groups excluding tert-OH is 1. The van der Waals surface area contributed by atoms with Gasteiger partial charge in [-0.3, -0.25) is 4.79 Å². The van der Waals surface area contributed by atoms with Crippen molar-refractivity contribution < 1.29 is 14.3 Å². The second kappa shape index (κ2) is 4.84. The van der Waals surface area contributed by atoms with Gasteiger partial charge in [-0.15, -0.1) is 0 Å². The molecule has 0 aromatic heterocycles. The molecule has 1 saturated heterocycles. The molecule has 0 radical (unpaired) electrons. The zero-order chi connectivity index (χ0) is 12.4. The fraction of sp³-hybridized carbons (Fsp3) is 0.462. The Labute approximate surface area is 99.9 Å². The first-order chi connectivity index (χ1) is 8.09. The van der Waals surface area contributed by atoms with Gasteiger partial charge in [0.1, 0.15) is 11.9 Å². The predicted molar refractivity (Wildman–Crippen MR) is 61.8 cm³/mol. The lowest BCUT2D eigenvalue weighted by Gasteiger charge is -2.35. The highest BCUT2D eigenvalue weighted by atomic mass is 19.1. The molecule has 1 heterocycles. The lowest BCUT2D eigenvalue weighted by Crippen LogP contribution is -2.45. The van der Waals surface area contributed by atoms with Crippen LogP contribution in [0, 0.1) is 5.82 Å². The number of hydrogen-bond acceptors (Lipinski definition) is 2. The third-order valence-electron chi connectivity index (χ3n) is 3.26. The minimum atomic E-state index is -0.883. The van der Waals surface area contributed by atoms with Crippen LogP contribution in [-0.2, 0) is 4.79 Å². The van der Waals surface area contributed by atoms with Crippen LogP contribution < -0.4 is 0 Å². The van der Waals surface area contributed by atoms with Crippen molar-refractivity contribution >= 4 is 5.91 Å². The number of rotatable bonds is 2. The lowest BCUT2D eigenvalue weighted by molar-refractivity contribution is -0.146. The molecular weight excluding hydrogens is 221 g/mol. The quantitative estimate of drug-likeness (QED) is 0.853. The Morgan fingerprint density at radius 1 is 1.41 bits per heavy atom. The fourth-order valence-corrected chi connectivity index (χ4v) is 2.19. The monoisotopic (exact) mass is 237 g/mol. The van der Waals surface area contributed by atoms with Gasteiger partial charge in [0.05, 0.1) is 6.04 Å². The minimum absolute atomic E-state index is 0.127. The van der Waals surface area contributed by atoms with Crippen LogP contribution in [0.15, 0.2) is 24.3 Å². The molecule has 4 heteroatoms. The summed E-state index contributed by atoms with van der Waals surface area (Å²) in [5, 5.41) is 9.54. The molecule has 0 saturated carbocycles. The average Bonchev–Trinajstić information content (AvgIpc) is 2.33. The molecule has 2 rings (SSSR count). The Morgan fingerprint density at radius 3 is 2.71 bits per heavy atom. The molecule has 1 N–H and O–H groups in total. The topological polar surface area (TPSA) is 40.5 Å². The second-order valence-corrected chi connectivity index (χ2v) is 4.42. The van der Waals surface area contributed by atoms with E-state index in [2.05, 4.69) is 0 Å². The molecule has 2 atom stereocenters. The van der Waals surface area contributed by atoms with Crippen molar-refractivity contribution in [3.8, 4) is 0 Å². The Kier molecular flexibility index (Phi) is 3.43. The van der Waals surface area contributed by atoms with Crippen molar-refractivity contribution in [1.82, 2.24) is 4.90 Å². The summed E-state index contributed by atoms with van der Waals surface area (Å²) < 4.78 is 12.8. The Morgan fingerprint density at radius 2 is 2.06 bits per heavy atom. The minimum Gasteiger partial charge on any atom is -0.383 e. The normalized spacial score (nSPS) is 22.6. The third-order valence-corrected chi connectivity index (χ3v) is 3.26. The van der Waals surface area contributed by atoms with Gasteiger partial charge in [-0.25, -0.2) is 4.39 Å². The molecule has 1 aromatic rings. The van der Waals surface area contributed by atoms with E-state index in [1.54, 1.807) is 17.0 Å². The van der Waals surface area contributed by atoms with Gasteiger partial charge in [0, 0.05) is 6.54 Å². The molecule has 1 aromatic carbocycles. The van der Waals surface area contributed by atoms with Gasteiger partial charge >= 0.3 is 0 Å². The Hall–Kier alpha value is -1.42. The van der Waals surface area contributed by atoms with Crippen molar-refractivity contribution in [2.75, 3.05) is 6.54 Å². The summed E-state index contributed by atoms with van der Waals surface area (Å²) in [4.78, 5) is 13.5. The molecule has 1 aliphatic rings. The number of likely N-dealkylation sites (tertiary alicyclic amines) is 1. The number of aliphatic hydroxyl groups is 1. The van der Waals surface area contributed by atoms with Crippen LogP contribution in [0.4, 0.5) is 4.39 Å². The second-order valence-electron chi connectivity index (χ2n) is 4.42. The number of amides is 1. The maximum absolute atomic E-state index is 12.8. The summed E-state index contributed by atoms with van der Waals surface area (Å²) in [6.45, 7) is 2.54. The van der Waals surface area contributed by atoms with E-state index in [0.717, 1.165) is 12.0 Å². The van der Waals surface area contributed by atoms with E-state index in [0.29, 0.717) is 13.0 Å². The maximum atomic E-state index is 12.8. The number of benzene rings is 1. The maximum Gasteiger partial charge on any atom is 0.251 e. The average molecular weight is 237 g/mol. The summed E-state index contributed by atoms with van der Waals surface area (Å²) in [6.07, 6.45) is 0.454. The highest BCUT2D eigenvalue weighted by Gasteiger charge is 2.30. The van der Waals surface area contributed by atoms with Gasteiger partial charge in [-0.1, -0.05) is 12.1 Å². The number of hydrogen-bond donors (Lipinski definition) is 1. The van der Waals surface area contributed by atoms with Crippen LogP contribution in [0.3, 0.4) is 0 Å². The number of nitrogens with zero attached hydrogens (tertiary/aromatic N) is 1. The summed E-state index contributed by atoms with van der Waals surface area (Å²) >= 11 is 0. The number of carbonyl (C=O) groups excluding carboxylic acids is 1. The van der Waals surface area contributed by atoms with Crippen molar-refractivity contribution in [2.45, 2.75) is 31.9 Å². The van der Waals surface area contributed by atoms with Crippen molar-refractivity contribution in [3.63, 3.8) is 0 Å². The first kappa shape index (κ1) is 12.0. The summed E-state index contributed by atoms with van der Waals surface area (Å²) in [5.41, 5.74) is 0.883. The van der Waals surface area contributed by atoms with Crippen LogP contribution >= 0.6 is 0 Å². The highest BCUT2D eigenvalue weighted by molar-refractivity contribution is 5.81. The molecule has 0 bridgehead atoms. The summed E-state index contributed by atoms with van der Waals surface area (Å²) in [5.74, 6) is -0.515. The number of piperidine rings is 1. The molecule has 3 nitrogen and oxygen atoms in total. The van der Waals surface area contributed by atoms with Crippen molar-refractivity contribution in [1.29, 1.82) is 0 Å².